The van der Waals surface area contributed by atoms with Gasteiger partial charge in [0.2, 0.25) is 0 Å². The molecule has 0 atom stereocenters. The maximum Gasteiger partial charge on any atom is -0.0163 e. The molecule has 0 radical (unpaired) electrons. The van der Waals surface area contributed by atoms with Gasteiger partial charge in [0.15, 0.2) is 0 Å². The fourth-order valence-electron chi connectivity index (χ4n) is 0.914. The molecule has 1 rings (SSSR count). The summed E-state index contributed by atoms with van der Waals surface area (Å²) in [5.74, 6) is 0. The average molecular weight is 158 g/mol. The van der Waals surface area contributed by atoms with E-state index in [4.69, 9.17) is 0 Å². The topological polar surface area (TPSA) is 0 Å². The summed E-state index contributed by atoms with van der Waals surface area (Å²) in [6.07, 6.45) is 23.0. The lowest BCUT2D eigenvalue weighted by Crippen LogP contribution is -1.61. The van der Waals surface area contributed by atoms with Gasteiger partial charge in [-0.25, -0.2) is 0 Å². The van der Waals surface area contributed by atoms with E-state index in [0.29, 0.717) is 0 Å². The zero-order valence-corrected chi connectivity index (χ0v) is 7.19. The van der Waals surface area contributed by atoms with Gasteiger partial charge in [-0.05, 0) is 12.8 Å². The van der Waals surface area contributed by atoms with E-state index >= 15 is 0 Å². The molecule has 62 valence electrons. The maximum atomic E-state index is 2.14. The van der Waals surface area contributed by atoms with Crippen molar-refractivity contribution in [2.24, 2.45) is 0 Å². The lowest BCUT2D eigenvalue weighted by molar-refractivity contribution is 1.37. The van der Waals surface area contributed by atoms with Gasteiger partial charge < -0.3 is 0 Å². The first kappa shape index (κ1) is 8.79. The van der Waals surface area contributed by atoms with E-state index in [1.807, 2.05) is 0 Å². The molecule has 0 fully saturated rings. The molecule has 1 aliphatic carbocycles. The monoisotopic (exact) mass is 158 g/mol. The van der Waals surface area contributed by atoms with E-state index in [2.05, 4.69) is 60.8 Å². The molecule has 0 nitrogen and oxygen atoms in total. The van der Waals surface area contributed by atoms with Crippen LogP contribution in [0.5, 0.6) is 0 Å². The summed E-state index contributed by atoms with van der Waals surface area (Å²) < 4.78 is 0. The summed E-state index contributed by atoms with van der Waals surface area (Å²) in [5.41, 5.74) is 0. The molecule has 0 N–H and O–H groups in total. The van der Waals surface area contributed by atoms with Gasteiger partial charge in [0.25, 0.3) is 0 Å². The molecule has 0 aliphatic heterocycles. The minimum Gasteiger partial charge on any atom is -0.0808 e. The van der Waals surface area contributed by atoms with Crippen molar-refractivity contribution in [1.82, 2.24) is 0 Å². The highest BCUT2D eigenvalue weighted by molar-refractivity contribution is 5.15. The summed E-state index contributed by atoms with van der Waals surface area (Å²) >= 11 is 0. The van der Waals surface area contributed by atoms with Crippen LogP contribution in [0.3, 0.4) is 0 Å². The van der Waals surface area contributed by atoms with E-state index in [1.165, 1.54) is 0 Å². The summed E-state index contributed by atoms with van der Waals surface area (Å²) in [4.78, 5) is 0. The SMILES string of the molecule is C1=C/C=C/C/C=C/C=C\CC=C1. The molecular weight excluding hydrogens is 144 g/mol. The smallest absolute Gasteiger partial charge is 0.0163 e. The average Bonchev–Trinajstić information content (AvgIpc) is 2.05. The standard InChI is InChI=1S/C12H14/c1-2-4-6-8-10-12-11-9-7-5-3-1/h1-6,9-12H,7-8H2/b2-1?,5-3+,6-4?,11-9+,12-10-. The molecule has 0 aromatic rings. The van der Waals surface area contributed by atoms with Crippen molar-refractivity contribution < 1.29 is 0 Å². The highest BCUT2D eigenvalue weighted by atomic mass is 13.8. The van der Waals surface area contributed by atoms with Crippen LogP contribution in [0.1, 0.15) is 12.8 Å². The first-order chi connectivity index (χ1) is 6.00. The van der Waals surface area contributed by atoms with Crippen molar-refractivity contribution in [2.45, 2.75) is 12.8 Å². The second kappa shape index (κ2) is 6.41. The molecular formula is C12H14. The third-order valence-corrected chi connectivity index (χ3v) is 1.53. The summed E-state index contributed by atoms with van der Waals surface area (Å²) in [6.45, 7) is 0. The first-order valence-corrected chi connectivity index (χ1v) is 4.30. The van der Waals surface area contributed by atoms with E-state index < -0.39 is 0 Å². The Balaban J connectivity index is 2.55. The Morgan fingerprint density at radius 1 is 0.417 bits per heavy atom. The maximum absolute atomic E-state index is 2.14. The molecule has 0 amide bonds. The zero-order valence-electron chi connectivity index (χ0n) is 7.19. The fraction of sp³-hybridized carbons (Fsp3) is 0.167. The molecule has 0 heterocycles. The van der Waals surface area contributed by atoms with Crippen molar-refractivity contribution >= 4 is 0 Å². The highest BCUT2D eigenvalue weighted by Crippen LogP contribution is 1.93. The van der Waals surface area contributed by atoms with Gasteiger partial charge in [-0.1, -0.05) is 60.8 Å². The molecule has 1 aliphatic rings. The number of rotatable bonds is 0. The molecule has 0 saturated carbocycles. The number of allylic oxidation sites excluding steroid dienone is 10. The van der Waals surface area contributed by atoms with Crippen molar-refractivity contribution in [3.63, 3.8) is 0 Å². The fourth-order valence-corrected chi connectivity index (χ4v) is 0.914. The Morgan fingerprint density at radius 3 is 1.17 bits per heavy atom. The lowest BCUT2D eigenvalue weighted by Gasteiger charge is -1.82. The number of hydrogen-bond acceptors (Lipinski definition) is 0. The van der Waals surface area contributed by atoms with Crippen molar-refractivity contribution in [3.05, 3.63) is 60.8 Å². The Kier molecular flexibility index (Phi) is 4.70. The highest BCUT2D eigenvalue weighted by Gasteiger charge is 1.71. The largest absolute Gasteiger partial charge is 0.0808 e. The van der Waals surface area contributed by atoms with Gasteiger partial charge in [0.1, 0.15) is 0 Å². The second-order valence-corrected chi connectivity index (χ2v) is 2.57. The predicted octanol–water partition coefficient (Wildman–Crippen LogP) is 3.56. The van der Waals surface area contributed by atoms with Crippen LogP contribution in [-0.4, -0.2) is 0 Å². The third-order valence-electron chi connectivity index (χ3n) is 1.53. The Hall–Kier alpha value is -1.30. The summed E-state index contributed by atoms with van der Waals surface area (Å²) in [5, 5.41) is 0. The zero-order chi connectivity index (χ0) is 8.49. The van der Waals surface area contributed by atoms with Crippen LogP contribution in [-0.2, 0) is 0 Å². The molecule has 0 saturated heterocycles. The van der Waals surface area contributed by atoms with Crippen LogP contribution in [0, 0.1) is 0 Å². The summed E-state index contributed by atoms with van der Waals surface area (Å²) in [6, 6.07) is 0. The molecule has 0 heteroatoms. The van der Waals surface area contributed by atoms with Crippen LogP contribution in [0.2, 0.25) is 0 Å². The van der Waals surface area contributed by atoms with Crippen LogP contribution in [0.15, 0.2) is 60.8 Å². The van der Waals surface area contributed by atoms with Crippen molar-refractivity contribution in [1.29, 1.82) is 0 Å². The van der Waals surface area contributed by atoms with Crippen molar-refractivity contribution in [3.8, 4) is 0 Å². The number of hydrogen-bond donors (Lipinski definition) is 0. The molecule has 0 aromatic heterocycles. The minimum atomic E-state index is 1.01. The van der Waals surface area contributed by atoms with E-state index in [1.54, 1.807) is 0 Å². The van der Waals surface area contributed by atoms with Gasteiger partial charge in [-0.2, -0.15) is 0 Å². The predicted molar refractivity (Wildman–Crippen MR) is 54.9 cm³/mol. The normalized spacial score (nSPS) is 25.3. The van der Waals surface area contributed by atoms with Crippen LogP contribution in [0.4, 0.5) is 0 Å². The van der Waals surface area contributed by atoms with Gasteiger partial charge in [0.05, 0.1) is 0 Å². The molecule has 0 bridgehead atoms. The Labute approximate surface area is 74.3 Å². The molecule has 0 spiro atoms. The van der Waals surface area contributed by atoms with Crippen LogP contribution >= 0.6 is 0 Å². The third kappa shape index (κ3) is 4.51. The van der Waals surface area contributed by atoms with Gasteiger partial charge in [-0.3, -0.25) is 0 Å². The Morgan fingerprint density at radius 2 is 0.750 bits per heavy atom. The molecule has 12 heavy (non-hydrogen) atoms. The van der Waals surface area contributed by atoms with Gasteiger partial charge in [0, 0.05) is 0 Å². The van der Waals surface area contributed by atoms with E-state index in [9.17, 15) is 0 Å². The summed E-state index contributed by atoms with van der Waals surface area (Å²) in [7, 11) is 0. The van der Waals surface area contributed by atoms with Crippen molar-refractivity contribution in [2.75, 3.05) is 0 Å². The Bertz CT molecular complexity index is 211. The van der Waals surface area contributed by atoms with E-state index in [-0.39, 0.29) is 0 Å². The second-order valence-electron chi connectivity index (χ2n) is 2.57. The van der Waals surface area contributed by atoms with Gasteiger partial charge >= 0.3 is 0 Å². The lowest BCUT2D eigenvalue weighted by atomic mass is 10.2. The minimum absolute atomic E-state index is 1.01. The first-order valence-electron chi connectivity index (χ1n) is 4.30. The molecule has 0 aromatic carbocycles. The van der Waals surface area contributed by atoms with Crippen LogP contribution < -0.4 is 0 Å². The van der Waals surface area contributed by atoms with E-state index in [0.717, 1.165) is 12.8 Å². The molecule has 0 unspecified atom stereocenters. The van der Waals surface area contributed by atoms with Crippen LogP contribution in [0.25, 0.3) is 0 Å². The van der Waals surface area contributed by atoms with Gasteiger partial charge in [-0.15, -0.1) is 0 Å². The quantitative estimate of drug-likeness (QED) is 0.505.